The van der Waals surface area contributed by atoms with Crippen LogP contribution in [0, 0.1) is 5.92 Å². The van der Waals surface area contributed by atoms with Crippen molar-refractivity contribution in [2.45, 2.75) is 19.4 Å². The second kappa shape index (κ2) is 7.92. The van der Waals surface area contributed by atoms with Gasteiger partial charge in [0.2, 0.25) is 0 Å². The fourth-order valence-electron chi connectivity index (χ4n) is 3.56. The predicted octanol–water partition coefficient (Wildman–Crippen LogP) is 4.50. The molecule has 1 aliphatic rings. The van der Waals surface area contributed by atoms with Crippen molar-refractivity contribution in [3.63, 3.8) is 0 Å². The van der Waals surface area contributed by atoms with Gasteiger partial charge >= 0.3 is 5.97 Å². The summed E-state index contributed by atoms with van der Waals surface area (Å²) in [6.45, 7) is 1.49. The summed E-state index contributed by atoms with van der Waals surface area (Å²) in [7, 11) is 0. The van der Waals surface area contributed by atoms with Gasteiger partial charge in [-0.15, -0.1) is 11.3 Å². The summed E-state index contributed by atoms with van der Waals surface area (Å²) in [5, 5.41) is 4.17. The first kappa shape index (κ1) is 17.7. The first-order valence-corrected chi connectivity index (χ1v) is 10.1. The molecule has 0 bridgehead atoms. The van der Waals surface area contributed by atoms with Gasteiger partial charge in [0, 0.05) is 13.1 Å². The SMILES string of the molecule is O=C(OCc1cccc2ccccc12)C1CCN(C(=O)c2cccs2)CC1. The fourth-order valence-corrected chi connectivity index (χ4v) is 4.25. The van der Waals surface area contributed by atoms with E-state index >= 15 is 0 Å². The number of rotatable bonds is 4. The monoisotopic (exact) mass is 379 g/mol. The molecule has 1 fully saturated rings. The average molecular weight is 379 g/mol. The van der Waals surface area contributed by atoms with Crippen LogP contribution < -0.4 is 0 Å². The standard InChI is InChI=1S/C22H21NO3S/c24-21(20-9-4-14-27-20)23-12-10-17(11-13-23)22(25)26-15-18-7-3-6-16-5-1-2-8-19(16)18/h1-9,14,17H,10-13,15H2. The van der Waals surface area contributed by atoms with Crippen LogP contribution in [-0.4, -0.2) is 29.9 Å². The van der Waals surface area contributed by atoms with Crippen molar-refractivity contribution in [3.8, 4) is 0 Å². The average Bonchev–Trinajstić information content (AvgIpc) is 3.26. The van der Waals surface area contributed by atoms with Crippen molar-refractivity contribution in [1.82, 2.24) is 4.90 Å². The quantitative estimate of drug-likeness (QED) is 0.627. The molecule has 0 radical (unpaired) electrons. The second-order valence-corrected chi connectivity index (χ2v) is 7.74. The van der Waals surface area contributed by atoms with Crippen molar-refractivity contribution in [1.29, 1.82) is 0 Å². The number of fused-ring (bicyclic) bond motifs is 1. The highest BCUT2D eigenvalue weighted by atomic mass is 32.1. The van der Waals surface area contributed by atoms with Crippen molar-refractivity contribution >= 4 is 34.0 Å². The van der Waals surface area contributed by atoms with Crippen molar-refractivity contribution < 1.29 is 14.3 Å². The maximum atomic E-state index is 12.5. The number of hydrogen-bond acceptors (Lipinski definition) is 4. The number of esters is 1. The zero-order valence-electron chi connectivity index (χ0n) is 15.0. The highest BCUT2D eigenvalue weighted by Gasteiger charge is 2.29. The normalized spacial score (nSPS) is 15.0. The molecule has 1 amide bonds. The molecule has 0 aliphatic carbocycles. The molecule has 0 saturated carbocycles. The Morgan fingerprint density at radius 3 is 2.56 bits per heavy atom. The second-order valence-electron chi connectivity index (χ2n) is 6.79. The maximum absolute atomic E-state index is 12.5. The summed E-state index contributed by atoms with van der Waals surface area (Å²) < 4.78 is 5.60. The van der Waals surface area contributed by atoms with Crippen LogP contribution in [0.5, 0.6) is 0 Å². The third-order valence-electron chi connectivity index (χ3n) is 5.10. The Labute approximate surface area is 162 Å². The summed E-state index contributed by atoms with van der Waals surface area (Å²) in [5.41, 5.74) is 1.02. The minimum Gasteiger partial charge on any atom is -0.461 e. The van der Waals surface area contributed by atoms with Gasteiger partial charge in [-0.05, 0) is 40.6 Å². The number of nitrogens with zero attached hydrogens (tertiary/aromatic N) is 1. The Balaban J connectivity index is 1.33. The first-order chi connectivity index (χ1) is 13.2. The van der Waals surface area contributed by atoms with Gasteiger partial charge in [0.05, 0.1) is 10.8 Å². The van der Waals surface area contributed by atoms with Crippen molar-refractivity contribution in [2.75, 3.05) is 13.1 Å². The topological polar surface area (TPSA) is 46.6 Å². The molecule has 1 saturated heterocycles. The third kappa shape index (κ3) is 3.88. The number of carbonyl (C=O) groups is 2. The lowest BCUT2D eigenvalue weighted by Gasteiger charge is -2.30. The lowest BCUT2D eigenvalue weighted by atomic mass is 9.97. The third-order valence-corrected chi connectivity index (χ3v) is 5.96. The molecule has 3 aromatic rings. The molecule has 2 heterocycles. The zero-order valence-corrected chi connectivity index (χ0v) is 15.8. The Morgan fingerprint density at radius 2 is 1.78 bits per heavy atom. The first-order valence-electron chi connectivity index (χ1n) is 9.18. The molecule has 0 unspecified atom stereocenters. The number of carbonyl (C=O) groups excluding carboxylic acids is 2. The molecule has 0 atom stereocenters. The molecule has 4 nitrogen and oxygen atoms in total. The van der Waals surface area contributed by atoms with E-state index in [1.165, 1.54) is 11.3 Å². The van der Waals surface area contributed by atoms with Crippen LogP contribution >= 0.6 is 11.3 Å². The van der Waals surface area contributed by atoms with E-state index in [-0.39, 0.29) is 24.4 Å². The van der Waals surface area contributed by atoms with Gasteiger partial charge in [0.15, 0.2) is 0 Å². The van der Waals surface area contributed by atoms with E-state index in [1.54, 1.807) is 0 Å². The molecular weight excluding hydrogens is 358 g/mol. The number of likely N-dealkylation sites (tertiary alicyclic amines) is 1. The number of benzene rings is 2. The van der Waals surface area contributed by atoms with Gasteiger partial charge in [-0.3, -0.25) is 9.59 Å². The van der Waals surface area contributed by atoms with Crippen molar-refractivity contribution in [2.24, 2.45) is 5.92 Å². The molecule has 0 N–H and O–H groups in total. The maximum Gasteiger partial charge on any atom is 0.309 e. The Hall–Kier alpha value is -2.66. The van der Waals surface area contributed by atoms with Gasteiger partial charge in [0.25, 0.3) is 5.91 Å². The number of amides is 1. The van der Waals surface area contributed by atoms with E-state index in [1.807, 2.05) is 52.7 Å². The van der Waals surface area contributed by atoms with Crippen LogP contribution in [0.25, 0.3) is 10.8 Å². The summed E-state index contributed by atoms with van der Waals surface area (Å²) in [4.78, 5) is 27.5. The lowest BCUT2D eigenvalue weighted by molar-refractivity contribution is -0.151. The summed E-state index contributed by atoms with van der Waals surface area (Å²) in [6, 6.07) is 17.9. The molecule has 2 aromatic carbocycles. The van der Waals surface area contributed by atoms with Gasteiger partial charge in [-0.2, -0.15) is 0 Å². The van der Waals surface area contributed by atoms with Crippen LogP contribution in [0.1, 0.15) is 28.1 Å². The largest absolute Gasteiger partial charge is 0.461 e. The molecule has 1 aromatic heterocycles. The van der Waals surface area contributed by atoms with Gasteiger partial charge in [0.1, 0.15) is 6.61 Å². The van der Waals surface area contributed by atoms with Gasteiger partial charge in [-0.25, -0.2) is 0 Å². The van der Waals surface area contributed by atoms with Gasteiger partial charge < -0.3 is 9.64 Å². The Morgan fingerprint density at radius 1 is 1.00 bits per heavy atom. The summed E-state index contributed by atoms with van der Waals surface area (Å²) in [6.07, 6.45) is 1.32. The Bertz CT molecular complexity index is 938. The van der Waals surface area contributed by atoms with E-state index in [0.29, 0.717) is 25.9 Å². The van der Waals surface area contributed by atoms with E-state index < -0.39 is 0 Å². The minimum absolute atomic E-state index is 0.0626. The highest BCUT2D eigenvalue weighted by molar-refractivity contribution is 7.12. The summed E-state index contributed by atoms with van der Waals surface area (Å²) in [5.74, 6) is -0.230. The van der Waals surface area contributed by atoms with E-state index in [4.69, 9.17) is 4.74 Å². The number of thiophene rings is 1. The number of hydrogen-bond donors (Lipinski definition) is 0. The molecule has 0 spiro atoms. The lowest BCUT2D eigenvalue weighted by Crippen LogP contribution is -2.40. The predicted molar refractivity (Wildman–Crippen MR) is 107 cm³/mol. The van der Waals surface area contributed by atoms with E-state index in [9.17, 15) is 9.59 Å². The molecule has 5 heteroatoms. The summed E-state index contributed by atoms with van der Waals surface area (Å²) >= 11 is 1.46. The van der Waals surface area contributed by atoms with E-state index in [2.05, 4.69) is 12.1 Å². The molecule has 27 heavy (non-hydrogen) atoms. The van der Waals surface area contributed by atoms with Crippen LogP contribution in [0.3, 0.4) is 0 Å². The number of piperidine rings is 1. The molecule has 138 valence electrons. The number of ether oxygens (including phenoxy) is 1. The molecular formula is C22H21NO3S. The van der Waals surface area contributed by atoms with Gasteiger partial charge in [-0.1, -0.05) is 48.5 Å². The van der Waals surface area contributed by atoms with Crippen LogP contribution in [0.2, 0.25) is 0 Å². The Kier molecular flexibility index (Phi) is 5.21. The van der Waals surface area contributed by atoms with Crippen LogP contribution in [-0.2, 0) is 16.1 Å². The molecule has 4 rings (SSSR count). The van der Waals surface area contributed by atoms with Crippen LogP contribution in [0.15, 0.2) is 60.0 Å². The smallest absolute Gasteiger partial charge is 0.309 e. The molecule has 1 aliphatic heterocycles. The van der Waals surface area contributed by atoms with Crippen molar-refractivity contribution in [3.05, 3.63) is 70.4 Å². The minimum atomic E-state index is -0.161. The zero-order chi connectivity index (χ0) is 18.6. The van der Waals surface area contributed by atoms with E-state index in [0.717, 1.165) is 21.2 Å². The highest BCUT2D eigenvalue weighted by Crippen LogP contribution is 2.23. The van der Waals surface area contributed by atoms with Crippen LogP contribution in [0.4, 0.5) is 0 Å². The fraction of sp³-hybridized carbons (Fsp3) is 0.273.